The van der Waals surface area contributed by atoms with Crippen LogP contribution in [0.5, 0.6) is 0 Å². The molecule has 6 nitrogen and oxygen atoms in total. The normalized spacial score (nSPS) is 20.1. The zero-order valence-corrected chi connectivity index (χ0v) is 12.4. The number of methoxy groups -OCH3 is 1. The lowest BCUT2D eigenvalue weighted by Crippen LogP contribution is -2.37. The molecular formula is C13H15F3N2O4. The van der Waals surface area contributed by atoms with Gasteiger partial charge in [0.15, 0.2) is 23.6 Å². The van der Waals surface area contributed by atoms with Crippen molar-refractivity contribution in [3.05, 3.63) is 23.2 Å². The molecule has 1 aliphatic heterocycles. The third-order valence-electron chi connectivity index (χ3n) is 3.68. The summed E-state index contributed by atoms with van der Waals surface area (Å²) >= 11 is 0. The minimum absolute atomic E-state index is 0.0767. The molecule has 1 amide bonds. The minimum Gasteiger partial charge on any atom is -0.491 e. The molecule has 122 valence electrons. The zero-order chi connectivity index (χ0) is 16.9. The number of carbonyl (C=O) groups excluding carboxylic acids is 1. The summed E-state index contributed by atoms with van der Waals surface area (Å²) in [6.45, 7) is 3.34. The average Bonchev–Trinajstić information content (AvgIpc) is 2.94. The van der Waals surface area contributed by atoms with Crippen molar-refractivity contribution in [2.75, 3.05) is 12.0 Å². The van der Waals surface area contributed by atoms with Crippen molar-refractivity contribution in [3.63, 3.8) is 0 Å². The number of carbonyl (C=O) groups is 1. The maximum atomic E-state index is 13.0. The van der Waals surface area contributed by atoms with E-state index in [2.05, 4.69) is 5.16 Å². The number of aliphatic hydroxyl groups is 1. The van der Waals surface area contributed by atoms with Gasteiger partial charge in [-0.2, -0.15) is 13.2 Å². The molecule has 0 aliphatic carbocycles. The van der Waals surface area contributed by atoms with Crippen molar-refractivity contribution < 1.29 is 32.3 Å². The van der Waals surface area contributed by atoms with E-state index in [1.54, 1.807) is 0 Å². The highest BCUT2D eigenvalue weighted by Crippen LogP contribution is 2.42. The molecule has 0 saturated heterocycles. The molecule has 0 saturated carbocycles. The van der Waals surface area contributed by atoms with E-state index < -0.39 is 29.5 Å². The minimum atomic E-state index is -4.55. The largest absolute Gasteiger partial charge is 0.491 e. The SMILES string of the molecule is COC1=C(C)C(O)N(c2cc(C(C)(C)C(F)(F)F)on2)C1=O. The Morgan fingerprint density at radius 2 is 2.00 bits per heavy atom. The first-order valence-corrected chi connectivity index (χ1v) is 6.32. The Bertz CT molecular complexity index is 633. The van der Waals surface area contributed by atoms with E-state index in [-0.39, 0.29) is 17.2 Å². The Balaban J connectivity index is 2.37. The van der Waals surface area contributed by atoms with Crippen LogP contribution in [0.2, 0.25) is 0 Å². The number of amides is 1. The third-order valence-corrected chi connectivity index (χ3v) is 3.68. The lowest BCUT2D eigenvalue weighted by molar-refractivity contribution is -0.185. The van der Waals surface area contributed by atoms with Crippen LogP contribution in [-0.4, -0.2) is 35.7 Å². The Morgan fingerprint density at radius 1 is 1.41 bits per heavy atom. The topological polar surface area (TPSA) is 75.8 Å². The predicted molar refractivity (Wildman–Crippen MR) is 68.8 cm³/mol. The van der Waals surface area contributed by atoms with Crippen molar-refractivity contribution >= 4 is 11.7 Å². The number of rotatable bonds is 3. The molecule has 1 atom stereocenters. The van der Waals surface area contributed by atoms with Crippen LogP contribution in [0.15, 0.2) is 21.9 Å². The first kappa shape index (κ1) is 16.3. The molecule has 2 heterocycles. The standard InChI is InChI=1S/C13H15F3N2O4/c1-6-9(21-4)11(20)18(10(6)19)8-5-7(22-17-8)12(2,3)13(14,15)16/h5,10,19H,1-4H3. The molecule has 22 heavy (non-hydrogen) atoms. The molecule has 1 unspecified atom stereocenters. The second-order valence-corrected chi connectivity index (χ2v) is 5.44. The van der Waals surface area contributed by atoms with Crippen LogP contribution in [0, 0.1) is 0 Å². The number of aromatic nitrogens is 1. The molecule has 0 spiro atoms. The fourth-order valence-electron chi connectivity index (χ4n) is 1.99. The molecule has 0 bridgehead atoms. The number of anilines is 1. The molecule has 1 aromatic heterocycles. The molecule has 0 radical (unpaired) electrons. The van der Waals surface area contributed by atoms with Gasteiger partial charge in [0, 0.05) is 11.6 Å². The summed E-state index contributed by atoms with van der Waals surface area (Å²) in [4.78, 5) is 12.9. The van der Waals surface area contributed by atoms with Crippen LogP contribution < -0.4 is 4.90 Å². The lowest BCUT2D eigenvalue weighted by Gasteiger charge is -2.24. The predicted octanol–water partition coefficient (Wildman–Crippen LogP) is 2.10. The number of hydrogen-bond acceptors (Lipinski definition) is 5. The van der Waals surface area contributed by atoms with E-state index >= 15 is 0 Å². The Labute approximate surface area is 124 Å². The highest BCUT2D eigenvalue weighted by atomic mass is 19.4. The molecule has 0 fully saturated rings. The first-order valence-electron chi connectivity index (χ1n) is 6.32. The van der Waals surface area contributed by atoms with E-state index in [4.69, 9.17) is 9.26 Å². The zero-order valence-electron chi connectivity index (χ0n) is 12.4. The van der Waals surface area contributed by atoms with Gasteiger partial charge in [0.05, 0.1) is 7.11 Å². The summed E-state index contributed by atoms with van der Waals surface area (Å²) in [6.07, 6.45) is -5.92. The van der Waals surface area contributed by atoms with Gasteiger partial charge in [0.2, 0.25) is 0 Å². The van der Waals surface area contributed by atoms with Crippen molar-refractivity contribution in [2.45, 2.75) is 38.6 Å². The van der Waals surface area contributed by atoms with Crippen LogP contribution in [-0.2, 0) is 14.9 Å². The monoisotopic (exact) mass is 320 g/mol. The summed E-state index contributed by atoms with van der Waals surface area (Å²) in [5.74, 6) is -1.45. The molecule has 1 N–H and O–H groups in total. The van der Waals surface area contributed by atoms with E-state index in [1.165, 1.54) is 14.0 Å². The quantitative estimate of drug-likeness (QED) is 0.923. The number of nitrogens with zero attached hydrogens (tertiary/aromatic N) is 2. The van der Waals surface area contributed by atoms with Gasteiger partial charge in [0.25, 0.3) is 5.91 Å². The molecular weight excluding hydrogens is 305 g/mol. The molecule has 2 rings (SSSR count). The van der Waals surface area contributed by atoms with Gasteiger partial charge in [-0.1, -0.05) is 5.16 Å². The highest BCUT2D eigenvalue weighted by molar-refractivity contribution is 6.07. The van der Waals surface area contributed by atoms with Crippen LogP contribution in [0.4, 0.5) is 19.0 Å². The van der Waals surface area contributed by atoms with Gasteiger partial charge < -0.3 is 14.4 Å². The Hall–Kier alpha value is -2.03. The van der Waals surface area contributed by atoms with E-state index in [0.717, 1.165) is 24.8 Å². The first-order chi connectivity index (χ1) is 10.0. The molecule has 1 aliphatic rings. The van der Waals surface area contributed by atoms with Gasteiger partial charge >= 0.3 is 6.18 Å². The fourth-order valence-corrected chi connectivity index (χ4v) is 1.99. The van der Waals surface area contributed by atoms with Gasteiger partial charge in [0.1, 0.15) is 5.41 Å². The van der Waals surface area contributed by atoms with Crippen molar-refractivity contribution in [2.24, 2.45) is 0 Å². The van der Waals surface area contributed by atoms with Crippen LogP contribution in [0.3, 0.4) is 0 Å². The number of alkyl halides is 3. The maximum absolute atomic E-state index is 13.0. The fraction of sp³-hybridized carbons (Fsp3) is 0.538. The van der Waals surface area contributed by atoms with Gasteiger partial charge in [-0.05, 0) is 20.8 Å². The van der Waals surface area contributed by atoms with Crippen LogP contribution in [0.25, 0.3) is 0 Å². The Morgan fingerprint density at radius 3 is 2.45 bits per heavy atom. The third kappa shape index (κ3) is 2.25. The average molecular weight is 320 g/mol. The van der Waals surface area contributed by atoms with Gasteiger partial charge in [-0.15, -0.1) is 0 Å². The number of hydrogen-bond donors (Lipinski definition) is 1. The summed E-state index contributed by atoms with van der Waals surface area (Å²) in [7, 11) is 1.26. The van der Waals surface area contributed by atoms with Gasteiger partial charge in [-0.3, -0.25) is 9.69 Å². The number of halogens is 3. The summed E-state index contributed by atoms with van der Waals surface area (Å²) in [5, 5.41) is 13.5. The molecule has 0 aromatic carbocycles. The lowest BCUT2D eigenvalue weighted by atomic mass is 9.89. The van der Waals surface area contributed by atoms with E-state index in [0.29, 0.717) is 0 Å². The van der Waals surface area contributed by atoms with E-state index in [1.807, 2.05) is 0 Å². The van der Waals surface area contributed by atoms with Gasteiger partial charge in [-0.25, -0.2) is 0 Å². The van der Waals surface area contributed by atoms with Crippen molar-refractivity contribution in [3.8, 4) is 0 Å². The van der Waals surface area contributed by atoms with Crippen LogP contribution >= 0.6 is 0 Å². The summed E-state index contributed by atoms with van der Waals surface area (Å²) in [5.41, 5.74) is -2.04. The molecule has 9 heteroatoms. The Kier molecular flexibility index (Phi) is 3.72. The van der Waals surface area contributed by atoms with E-state index in [9.17, 15) is 23.1 Å². The number of aliphatic hydroxyl groups excluding tert-OH is 1. The summed E-state index contributed by atoms with van der Waals surface area (Å²) in [6, 6.07) is 0.987. The summed E-state index contributed by atoms with van der Waals surface area (Å²) < 4.78 is 48.6. The van der Waals surface area contributed by atoms with Crippen molar-refractivity contribution in [1.82, 2.24) is 5.16 Å². The van der Waals surface area contributed by atoms with Crippen molar-refractivity contribution in [1.29, 1.82) is 0 Å². The second kappa shape index (κ2) is 5.01. The highest BCUT2D eigenvalue weighted by Gasteiger charge is 2.52. The van der Waals surface area contributed by atoms with Crippen LogP contribution in [0.1, 0.15) is 26.5 Å². The number of ether oxygens (including phenoxy) is 1. The maximum Gasteiger partial charge on any atom is 0.401 e. The smallest absolute Gasteiger partial charge is 0.401 e. The second-order valence-electron chi connectivity index (χ2n) is 5.44. The molecule has 1 aromatic rings.